The van der Waals surface area contributed by atoms with Crippen LogP contribution in [-0.4, -0.2) is 10.1 Å². The first-order valence-corrected chi connectivity index (χ1v) is 8.72. The Kier molecular flexibility index (Phi) is 6.08. The van der Waals surface area contributed by atoms with Gasteiger partial charge in [0.1, 0.15) is 17.3 Å². The van der Waals surface area contributed by atoms with Crippen molar-refractivity contribution in [3.05, 3.63) is 52.8 Å². The van der Waals surface area contributed by atoms with Gasteiger partial charge < -0.3 is 14.8 Å². The maximum absolute atomic E-state index is 14.0. The van der Waals surface area contributed by atoms with E-state index in [4.69, 9.17) is 9.94 Å². The van der Waals surface area contributed by atoms with E-state index in [2.05, 4.69) is 0 Å². The summed E-state index contributed by atoms with van der Waals surface area (Å²) in [6.07, 6.45) is 1.59. The van der Waals surface area contributed by atoms with Crippen LogP contribution < -0.4 is 15.3 Å². The molecule has 3 N–H and O–H groups in total. The zero-order valence-electron chi connectivity index (χ0n) is 13.4. The van der Waals surface area contributed by atoms with Crippen molar-refractivity contribution in [1.29, 1.82) is 0 Å². The summed E-state index contributed by atoms with van der Waals surface area (Å²) in [5.74, 6) is 0.796. The van der Waals surface area contributed by atoms with Crippen LogP contribution in [0.5, 0.6) is 11.5 Å². The molecule has 0 heterocycles. The monoisotopic (exact) mass is 337 g/mol. The van der Waals surface area contributed by atoms with Crippen molar-refractivity contribution in [1.82, 2.24) is 5.25 Å². The molecule has 0 saturated carbocycles. The van der Waals surface area contributed by atoms with Gasteiger partial charge in [-0.3, -0.25) is 0 Å². The average molecular weight is 337 g/mol. The number of benzene rings is 2. The minimum atomic E-state index is -1.80. The fraction of sp³-hybridized carbons (Fsp3) is 0.294. The molecule has 0 aliphatic rings. The van der Waals surface area contributed by atoms with Gasteiger partial charge in [-0.25, -0.2) is 4.39 Å². The third kappa shape index (κ3) is 4.27. The molecule has 0 aliphatic carbocycles. The lowest BCUT2D eigenvalue weighted by Crippen LogP contribution is -2.12. The highest BCUT2D eigenvalue weighted by atomic mass is 31.2. The topological polar surface area (TPSA) is 61.7 Å². The first-order valence-electron chi connectivity index (χ1n) is 7.42. The highest BCUT2D eigenvalue weighted by molar-refractivity contribution is 7.57. The van der Waals surface area contributed by atoms with Gasteiger partial charge >= 0.3 is 0 Å². The molecule has 0 radical (unpaired) electrons. The summed E-state index contributed by atoms with van der Waals surface area (Å²) in [6.45, 7) is 5.69. The molecular formula is C17H21FNO3P. The fourth-order valence-corrected chi connectivity index (χ4v) is 3.20. The molecule has 0 aliphatic heterocycles. The standard InChI is InChI=1S/C17H21FNO3P/c1-4-5-13-6-7-14(10-16(13)18)22-17-11(2)8-15(9-12(17)3)23(21)19-20/h6-10,19-21H,4-5H2,1-3H3. The first-order chi connectivity index (χ1) is 11.0. The number of ether oxygens (including phenoxy) is 1. The van der Waals surface area contributed by atoms with Crippen molar-refractivity contribution < 1.29 is 19.2 Å². The average Bonchev–Trinajstić information content (AvgIpc) is 2.52. The van der Waals surface area contributed by atoms with Gasteiger partial charge in [0.25, 0.3) is 0 Å². The summed E-state index contributed by atoms with van der Waals surface area (Å²) < 4.78 is 19.8. The highest BCUT2D eigenvalue weighted by Gasteiger charge is 2.13. The Morgan fingerprint density at radius 3 is 2.35 bits per heavy atom. The Morgan fingerprint density at radius 1 is 1.17 bits per heavy atom. The quantitative estimate of drug-likeness (QED) is 0.549. The molecule has 2 aromatic carbocycles. The molecule has 0 spiro atoms. The Labute approximate surface area is 136 Å². The lowest BCUT2D eigenvalue weighted by molar-refractivity contribution is 0.241. The van der Waals surface area contributed by atoms with Crippen LogP contribution in [0.3, 0.4) is 0 Å². The SMILES string of the molecule is CCCc1ccc(Oc2c(C)cc(P(O)NO)cc2C)cc1F. The highest BCUT2D eigenvalue weighted by Crippen LogP contribution is 2.32. The third-order valence-corrected chi connectivity index (χ3v) is 4.48. The van der Waals surface area contributed by atoms with Crippen molar-refractivity contribution in [2.75, 3.05) is 0 Å². The molecule has 4 nitrogen and oxygen atoms in total. The van der Waals surface area contributed by atoms with Crippen molar-refractivity contribution in [3.8, 4) is 11.5 Å². The maximum atomic E-state index is 14.0. The Balaban J connectivity index is 2.28. The Bertz CT molecular complexity index is 671. The molecule has 0 saturated heterocycles. The number of aryl methyl sites for hydroxylation is 3. The van der Waals surface area contributed by atoms with Crippen LogP contribution in [0.25, 0.3) is 0 Å². The zero-order chi connectivity index (χ0) is 17.0. The van der Waals surface area contributed by atoms with Gasteiger partial charge in [0, 0.05) is 11.4 Å². The molecule has 2 aromatic rings. The molecule has 0 amide bonds. The van der Waals surface area contributed by atoms with E-state index >= 15 is 0 Å². The van der Waals surface area contributed by atoms with Gasteiger partial charge in [-0.2, -0.15) is 5.25 Å². The van der Waals surface area contributed by atoms with Crippen LogP contribution in [-0.2, 0) is 6.42 Å². The van der Waals surface area contributed by atoms with E-state index in [-0.39, 0.29) is 5.82 Å². The molecular weight excluding hydrogens is 316 g/mol. The minimum Gasteiger partial charge on any atom is -0.457 e. The smallest absolute Gasteiger partial charge is 0.156 e. The van der Waals surface area contributed by atoms with Crippen molar-refractivity contribution in [2.24, 2.45) is 0 Å². The van der Waals surface area contributed by atoms with Gasteiger partial charge in [0.2, 0.25) is 0 Å². The second kappa shape index (κ2) is 7.84. The summed E-state index contributed by atoms with van der Waals surface area (Å²) in [4.78, 5) is 9.69. The number of rotatable bonds is 6. The van der Waals surface area contributed by atoms with E-state index in [1.54, 1.807) is 24.3 Å². The molecule has 1 unspecified atom stereocenters. The van der Waals surface area contributed by atoms with Crippen LogP contribution in [0, 0.1) is 19.7 Å². The maximum Gasteiger partial charge on any atom is 0.156 e. The van der Waals surface area contributed by atoms with E-state index in [9.17, 15) is 9.28 Å². The summed E-state index contributed by atoms with van der Waals surface area (Å²) in [6, 6.07) is 8.37. The van der Waals surface area contributed by atoms with E-state index in [1.165, 1.54) is 6.07 Å². The predicted octanol–water partition coefficient (Wildman–Crippen LogP) is 4.10. The number of halogens is 1. The van der Waals surface area contributed by atoms with Crippen molar-refractivity contribution >= 4 is 13.6 Å². The van der Waals surface area contributed by atoms with Gasteiger partial charge in [-0.05, 0) is 55.2 Å². The summed E-state index contributed by atoms with van der Waals surface area (Å²) in [5, 5.41) is 11.3. The van der Waals surface area contributed by atoms with Gasteiger partial charge in [-0.15, -0.1) is 0 Å². The predicted molar refractivity (Wildman–Crippen MR) is 90.1 cm³/mol. The molecule has 0 aromatic heterocycles. The molecule has 6 heteroatoms. The van der Waals surface area contributed by atoms with Gasteiger partial charge in [-0.1, -0.05) is 19.4 Å². The summed E-state index contributed by atoms with van der Waals surface area (Å²) >= 11 is 0. The lowest BCUT2D eigenvalue weighted by atomic mass is 10.1. The fourth-order valence-electron chi connectivity index (χ4n) is 2.45. The number of nitrogens with one attached hydrogen (secondary N) is 1. The number of hydrogen-bond acceptors (Lipinski definition) is 4. The van der Waals surface area contributed by atoms with E-state index in [0.29, 0.717) is 28.8 Å². The summed E-state index contributed by atoms with van der Waals surface area (Å²) in [5.41, 5.74) is 2.29. The molecule has 0 bridgehead atoms. The van der Waals surface area contributed by atoms with E-state index < -0.39 is 8.30 Å². The normalized spacial score (nSPS) is 12.3. The van der Waals surface area contributed by atoms with Crippen LogP contribution in [0.1, 0.15) is 30.0 Å². The van der Waals surface area contributed by atoms with Crippen LogP contribution >= 0.6 is 8.30 Å². The second-order valence-corrected chi connectivity index (χ2v) is 6.77. The van der Waals surface area contributed by atoms with Gasteiger partial charge in [0.05, 0.1) is 0 Å². The molecule has 124 valence electrons. The second-order valence-electron chi connectivity index (χ2n) is 5.43. The van der Waals surface area contributed by atoms with E-state index in [0.717, 1.165) is 17.5 Å². The van der Waals surface area contributed by atoms with Gasteiger partial charge in [0.15, 0.2) is 8.30 Å². The largest absolute Gasteiger partial charge is 0.457 e. The summed E-state index contributed by atoms with van der Waals surface area (Å²) in [7, 11) is -1.80. The van der Waals surface area contributed by atoms with Crippen LogP contribution in [0.4, 0.5) is 4.39 Å². The van der Waals surface area contributed by atoms with Crippen molar-refractivity contribution in [3.63, 3.8) is 0 Å². The van der Waals surface area contributed by atoms with Crippen LogP contribution in [0.15, 0.2) is 30.3 Å². The van der Waals surface area contributed by atoms with Crippen LogP contribution in [0.2, 0.25) is 0 Å². The number of hydrogen-bond donors (Lipinski definition) is 3. The Morgan fingerprint density at radius 2 is 1.83 bits per heavy atom. The first kappa shape index (κ1) is 17.8. The zero-order valence-corrected chi connectivity index (χ0v) is 14.3. The molecule has 2 rings (SSSR count). The molecule has 23 heavy (non-hydrogen) atoms. The van der Waals surface area contributed by atoms with E-state index in [1.807, 2.05) is 26.0 Å². The lowest BCUT2D eigenvalue weighted by Gasteiger charge is -2.16. The Hall–Kier alpha value is -1.52. The molecule has 1 atom stereocenters. The van der Waals surface area contributed by atoms with Crippen molar-refractivity contribution in [2.45, 2.75) is 33.6 Å². The molecule has 0 fully saturated rings. The minimum absolute atomic E-state index is 0.264. The third-order valence-electron chi connectivity index (χ3n) is 3.55.